The molecule has 1 aromatic rings. The van der Waals surface area contributed by atoms with Crippen LogP contribution >= 0.6 is 15.9 Å². The number of nitrogens with zero attached hydrogens (tertiary/aromatic N) is 3. The third-order valence-corrected chi connectivity index (χ3v) is 5.94. The van der Waals surface area contributed by atoms with Gasteiger partial charge in [-0.2, -0.15) is 10.1 Å². The lowest BCUT2D eigenvalue weighted by atomic mass is 9.63. The van der Waals surface area contributed by atoms with Gasteiger partial charge in [0.25, 0.3) is 17.5 Å². The Labute approximate surface area is 156 Å². The van der Waals surface area contributed by atoms with Crippen molar-refractivity contribution in [2.45, 2.75) is 12.8 Å². The summed E-state index contributed by atoms with van der Waals surface area (Å²) in [5.74, 6) is -1.59. The Morgan fingerprint density at radius 1 is 1.19 bits per heavy atom. The lowest BCUT2D eigenvalue weighted by molar-refractivity contribution is -0.385. The Balaban J connectivity index is 1.65. The largest absolute Gasteiger partial charge is 0.506 e. The van der Waals surface area contributed by atoms with Gasteiger partial charge in [0.15, 0.2) is 0 Å². The number of hydrogen-bond donors (Lipinski definition) is 1. The van der Waals surface area contributed by atoms with Gasteiger partial charge >= 0.3 is 0 Å². The van der Waals surface area contributed by atoms with Crippen LogP contribution in [0.4, 0.5) is 5.69 Å². The van der Waals surface area contributed by atoms with Crippen LogP contribution in [0, 0.1) is 33.8 Å². The zero-order valence-corrected chi connectivity index (χ0v) is 15.0. The summed E-state index contributed by atoms with van der Waals surface area (Å²) in [4.78, 5) is 35.7. The Morgan fingerprint density at radius 3 is 2.27 bits per heavy atom. The molecule has 2 fully saturated rings. The summed E-state index contributed by atoms with van der Waals surface area (Å²) in [5.41, 5.74) is -0.200. The first-order valence-corrected chi connectivity index (χ1v) is 8.95. The van der Waals surface area contributed by atoms with E-state index in [0.29, 0.717) is 0 Å². The number of carbonyl (C=O) groups excluding carboxylic acids is 2. The summed E-state index contributed by atoms with van der Waals surface area (Å²) in [6.45, 7) is 0. The fourth-order valence-corrected chi connectivity index (χ4v) is 4.56. The van der Waals surface area contributed by atoms with Crippen LogP contribution in [-0.4, -0.2) is 33.1 Å². The van der Waals surface area contributed by atoms with Crippen molar-refractivity contribution in [1.29, 1.82) is 0 Å². The fraction of sp³-hybridized carbons (Fsp3) is 0.353. The molecule has 1 heterocycles. The Morgan fingerprint density at radius 2 is 1.77 bits per heavy atom. The summed E-state index contributed by atoms with van der Waals surface area (Å²) < 4.78 is 0.128. The van der Waals surface area contributed by atoms with Gasteiger partial charge < -0.3 is 5.11 Å². The van der Waals surface area contributed by atoms with Crippen molar-refractivity contribution in [3.8, 4) is 5.75 Å². The molecule has 8 nitrogen and oxygen atoms in total. The number of amides is 2. The highest BCUT2D eigenvalue weighted by Gasteiger charge is 2.56. The second-order valence-electron chi connectivity index (χ2n) is 6.70. The van der Waals surface area contributed by atoms with Crippen LogP contribution in [0.15, 0.2) is 33.9 Å². The van der Waals surface area contributed by atoms with Crippen LogP contribution in [0.1, 0.15) is 18.4 Å². The number of benzene rings is 1. The van der Waals surface area contributed by atoms with Crippen molar-refractivity contribution >= 4 is 39.6 Å². The maximum atomic E-state index is 12.7. The maximum Gasteiger partial charge on any atom is 0.271 e. The molecule has 0 unspecified atom stereocenters. The second-order valence-corrected chi connectivity index (χ2v) is 7.55. The molecular formula is C17H14BrN3O5. The maximum absolute atomic E-state index is 12.7. The molecule has 1 saturated heterocycles. The molecule has 1 N–H and O–H groups in total. The number of phenols is 1. The molecular weight excluding hydrogens is 406 g/mol. The number of aromatic hydroxyl groups is 1. The van der Waals surface area contributed by atoms with E-state index in [1.165, 1.54) is 0 Å². The number of nitro groups is 1. The predicted octanol–water partition coefficient (Wildman–Crippen LogP) is 2.59. The first-order chi connectivity index (χ1) is 12.4. The van der Waals surface area contributed by atoms with E-state index >= 15 is 0 Å². The van der Waals surface area contributed by atoms with Crippen molar-refractivity contribution in [2.75, 3.05) is 0 Å². The van der Waals surface area contributed by atoms with Crippen LogP contribution in [0.2, 0.25) is 0 Å². The summed E-state index contributed by atoms with van der Waals surface area (Å²) in [6, 6.07) is 2.30. The van der Waals surface area contributed by atoms with Gasteiger partial charge in [-0.1, -0.05) is 12.2 Å². The minimum Gasteiger partial charge on any atom is -0.506 e. The molecule has 5 rings (SSSR count). The summed E-state index contributed by atoms with van der Waals surface area (Å²) in [5, 5.41) is 25.8. The number of fused-ring (bicyclic) bond motifs is 1. The van der Waals surface area contributed by atoms with Crippen LogP contribution in [-0.2, 0) is 9.59 Å². The molecule has 2 amide bonds. The fourth-order valence-electron chi connectivity index (χ4n) is 4.10. The lowest BCUT2D eigenvalue weighted by Crippen LogP contribution is -2.38. The molecule has 9 heteroatoms. The van der Waals surface area contributed by atoms with Gasteiger partial charge in [-0.3, -0.25) is 19.7 Å². The number of rotatable bonds is 3. The van der Waals surface area contributed by atoms with Crippen molar-refractivity contribution in [2.24, 2.45) is 28.8 Å². The topological polar surface area (TPSA) is 113 Å². The van der Waals surface area contributed by atoms with E-state index in [9.17, 15) is 24.8 Å². The van der Waals surface area contributed by atoms with E-state index in [4.69, 9.17) is 0 Å². The van der Waals surface area contributed by atoms with Gasteiger partial charge in [0, 0.05) is 17.7 Å². The third-order valence-electron chi connectivity index (χ3n) is 5.34. The van der Waals surface area contributed by atoms with E-state index in [1.807, 2.05) is 12.2 Å². The molecule has 3 aliphatic carbocycles. The number of phenolic OH excluding ortho intramolecular Hbond substituents is 1. The molecule has 0 radical (unpaired) electrons. The highest BCUT2D eigenvalue weighted by molar-refractivity contribution is 9.10. The second kappa shape index (κ2) is 6.01. The predicted molar refractivity (Wildman–Crippen MR) is 94.2 cm³/mol. The van der Waals surface area contributed by atoms with Crippen LogP contribution in [0.3, 0.4) is 0 Å². The van der Waals surface area contributed by atoms with Crippen LogP contribution in [0.25, 0.3) is 0 Å². The molecule has 1 aromatic carbocycles. The number of imide groups is 1. The standard InChI is InChI=1S/C17H14BrN3O5/c18-12-6-11(21(25)26)5-10(15(12)22)7-19-20-16(23)13-8-1-2-9(4-3-8)14(13)17(20)24/h1-2,5-9,13-14,22H,3-4H2/b19-7-/t8-,9+,13-,14+. The average Bonchev–Trinajstić information content (AvgIpc) is 2.90. The highest BCUT2D eigenvalue weighted by Crippen LogP contribution is 2.49. The average molecular weight is 420 g/mol. The van der Waals surface area contributed by atoms with Gasteiger partial charge in [0.05, 0.1) is 27.4 Å². The first kappa shape index (κ1) is 16.9. The summed E-state index contributed by atoms with van der Waals surface area (Å²) >= 11 is 3.04. The van der Waals surface area contributed by atoms with Gasteiger partial charge in [-0.15, -0.1) is 0 Å². The Kier molecular flexibility index (Phi) is 3.91. The van der Waals surface area contributed by atoms with Crippen molar-refractivity contribution in [3.63, 3.8) is 0 Å². The molecule has 0 spiro atoms. The lowest BCUT2D eigenvalue weighted by Gasteiger charge is -2.37. The number of carbonyl (C=O) groups is 2. The van der Waals surface area contributed by atoms with E-state index in [1.54, 1.807) is 0 Å². The SMILES string of the molecule is O=C1[C@@H]2[C@H](C(=O)N1/N=C\c1cc([N+](=O)[O-])cc(Br)c1O)[C@@H]1C=C[C@H]2CC1. The van der Waals surface area contributed by atoms with Gasteiger partial charge in [0.2, 0.25) is 0 Å². The van der Waals surface area contributed by atoms with Gasteiger partial charge in [-0.25, -0.2) is 0 Å². The third kappa shape index (κ3) is 2.45. The van der Waals surface area contributed by atoms with E-state index in [2.05, 4.69) is 21.0 Å². The quantitative estimate of drug-likeness (QED) is 0.266. The zero-order valence-electron chi connectivity index (χ0n) is 13.4. The van der Waals surface area contributed by atoms with Crippen molar-refractivity contribution in [1.82, 2.24) is 5.01 Å². The zero-order chi connectivity index (χ0) is 18.6. The monoisotopic (exact) mass is 419 g/mol. The molecule has 1 saturated carbocycles. The van der Waals surface area contributed by atoms with Gasteiger partial charge in [0.1, 0.15) is 5.75 Å². The minimum absolute atomic E-state index is 0.0441. The first-order valence-electron chi connectivity index (χ1n) is 8.15. The smallest absolute Gasteiger partial charge is 0.271 e. The van der Waals surface area contributed by atoms with E-state index < -0.39 is 4.92 Å². The molecule has 0 aromatic heterocycles. The van der Waals surface area contributed by atoms with Crippen molar-refractivity contribution in [3.05, 3.63) is 44.4 Å². The summed E-state index contributed by atoms with van der Waals surface area (Å²) in [7, 11) is 0. The number of hydrogen-bond acceptors (Lipinski definition) is 6. The number of nitro benzene ring substituents is 1. The molecule has 1 aliphatic heterocycles. The van der Waals surface area contributed by atoms with E-state index in [-0.39, 0.29) is 57.0 Å². The van der Waals surface area contributed by atoms with Crippen LogP contribution in [0.5, 0.6) is 5.75 Å². The Bertz CT molecular complexity index is 865. The number of hydrazone groups is 1. The van der Waals surface area contributed by atoms with Crippen LogP contribution < -0.4 is 0 Å². The highest BCUT2D eigenvalue weighted by atomic mass is 79.9. The van der Waals surface area contributed by atoms with Crippen molar-refractivity contribution < 1.29 is 19.6 Å². The molecule has 2 bridgehead atoms. The molecule has 26 heavy (non-hydrogen) atoms. The minimum atomic E-state index is -0.606. The molecule has 4 aliphatic rings. The number of non-ortho nitro benzene ring substituents is 1. The Hall–Kier alpha value is -2.55. The number of allylic oxidation sites excluding steroid dienone is 2. The van der Waals surface area contributed by atoms with E-state index in [0.717, 1.165) is 36.2 Å². The molecule has 4 atom stereocenters. The summed E-state index contributed by atoms with van der Waals surface area (Å²) in [6.07, 6.45) is 6.90. The molecule has 134 valence electrons. The normalized spacial score (nSPS) is 29.7. The number of halogens is 1. The van der Waals surface area contributed by atoms with Gasteiger partial charge in [-0.05, 0) is 40.6 Å².